The number of likely N-dealkylation sites (tertiary alicyclic amines) is 1. The number of fused-ring (bicyclic) bond motifs is 1. The van der Waals surface area contributed by atoms with Crippen molar-refractivity contribution in [1.29, 1.82) is 0 Å². The first-order chi connectivity index (χ1) is 20.5. The summed E-state index contributed by atoms with van der Waals surface area (Å²) in [4.78, 5) is 32.8. The van der Waals surface area contributed by atoms with Crippen molar-refractivity contribution >= 4 is 28.8 Å². The Morgan fingerprint density at radius 3 is 2.31 bits per heavy atom. The van der Waals surface area contributed by atoms with Crippen LogP contribution in [0.5, 0.6) is 0 Å². The molecule has 10 heteroatoms. The number of carbonyl (C=O) groups excluding carboxylic acids is 2. The summed E-state index contributed by atoms with van der Waals surface area (Å²) in [5, 5.41) is 18.7. The molecule has 1 fully saturated rings. The van der Waals surface area contributed by atoms with Gasteiger partial charge >= 0.3 is 0 Å². The van der Waals surface area contributed by atoms with Crippen LogP contribution in [-0.4, -0.2) is 61.1 Å². The number of hydrogen-bond donors (Lipinski definition) is 1. The molecule has 42 heavy (non-hydrogen) atoms. The fourth-order valence-electron chi connectivity index (χ4n) is 5.65. The van der Waals surface area contributed by atoms with Crippen molar-refractivity contribution < 1.29 is 9.59 Å². The number of aromatic nitrogens is 5. The van der Waals surface area contributed by atoms with Gasteiger partial charge in [0.1, 0.15) is 5.69 Å². The van der Waals surface area contributed by atoms with E-state index in [1.54, 1.807) is 4.52 Å². The SMILES string of the molecule is Cc1cc2nnc(C(=O)N3CCC(c4nc(C(=O)NCCC(c5ccccc5)c5ccccc5)cs4)CC3)c(C)n2n1. The van der Waals surface area contributed by atoms with Gasteiger partial charge in [-0.2, -0.15) is 5.10 Å². The number of benzene rings is 2. The Hall–Kier alpha value is -4.44. The molecule has 0 saturated carbocycles. The molecule has 4 heterocycles. The lowest BCUT2D eigenvalue weighted by atomic mass is 9.88. The quantitative estimate of drug-likeness (QED) is 0.272. The summed E-state index contributed by atoms with van der Waals surface area (Å²) in [6.07, 6.45) is 2.36. The predicted octanol–water partition coefficient (Wildman–Crippen LogP) is 5.17. The van der Waals surface area contributed by atoms with Crippen molar-refractivity contribution in [2.24, 2.45) is 0 Å². The van der Waals surface area contributed by atoms with Crippen LogP contribution in [0.4, 0.5) is 0 Å². The molecule has 1 aliphatic heterocycles. The van der Waals surface area contributed by atoms with E-state index in [1.807, 2.05) is 42.3 Å². The molecule has 0 atom stereocenters. The first-order valence-electron chi connectivity index (χ1n) is 14.3. The van der Waals surface area contributed by atoms with E-state index >= 15 is 0 Å². The lowest BCUT2D eigenvalue weighted by Crippen LogP contribution is -2.39. The Kier molecular flexibility index (Phi) is 8.05. The molecule has 0 radical (unpaired) electrons. The molecular formula is C32H33N7O2S. The molecule has 0 bridgehead atoms. The lowest BCUT2D eigenvalue weighted by Gasteiger charge is -2.31. The maximum atomic E-state index is 13.3. The molecule has 1 aliphatic rings. The first-order valence-corrected chi connectivity index (χ1v) is 15.2. The molecule has 0 spiro atoms. The fourth-order valence-corrected chi connectivity index (χ4v) is 6.62. The van der Waals surface area contributed by atoms with Crippen LogP contribution in [0, 0.1) is 13.8 Å². The molecular weight excluding hydrogens is 546 g/mol. The van der Waals surface area contributed by atoms with Gasteiger partial charge in [-0.05, 0) is 44.2 Å². The van der Waals surface area contributed by atoms with E-state index in [0.717, 1.165) is 30.0 Å². The largest absolute Gasteiger partial charge is 0.351 e. The van der Waals surface area contributed by atoms with Crippen molar-refractivity contribution in [3.05, 3.63) is 111 Å². The zero-order chi connectivity index (χ0) is 29.1. The highest BCUT2D eigenvalue weighted by Gasteiger charge is 2.29. The Balaban J connectivity index is 1.04. The summed E-state index contributed by atoms with van der Waals surface area (Å²) in [7, 11) is 0. The number of hydrogen-bond acceptors (Lipinski definition) is 7. The average Bonchev–Trinajstić information content (AvgIpc) is 3.67. The third-order valence-electron chi connectivity index (χ3n) is 7.94. The van der Waals surface area contributed by atoms with Crippen LogP contribution in [0.1, 0.15) is 79.6 Å². The molecule has 3 aromatic heterocycles. The molecule has 9 nitrogen and oxygen atoms in total. The molecule has 0 aliphatic carbocycles. The Bertz CT molecular complexity index is 1650. The second-order valence-corrected chi connectivity index (χ2v) is 11.6. The van der Waals surface area contributed by atoms with E-state index in [0.29, 0.717) is 42.4 Å². The number of aryl methyl sites for hydroxylation is 2. The van der Waals surface area contributed by atoms with Gasteiger partial charge in [0.2, 0.25) is 0 Å². The van der Waals surface area contributed by atoms with Crippen LogP contribution >= 0.6 is 11.3 Å². The second kappa shape index (κ2) is 12.2. The highest BCUT2D eigenvalue weighted by molar-refractivity contribution is 7.09. The minimum absolute atomic E-state index is 0.128. The number of amides is 2. The summed E-state index contributed by atoms with van der Waals surface area (Å²) in [5.74, 6) is 0.136. The number of thiazole rings is 1. The Morgan fingerprint density at radius 1 is 0.976 bits per heavy atom. The molecule has 2 aromatic carbocycles. The van der Waals surface area contributed by atoms with Crippen LogP contribution in [-0.2, 0) is 0 Å². The molecule has 0 unspecified atom stereocenters. The molecule has 1 saturated heterocycles. The van der Waals surface area contributed by atoms with Crippen molar-refractivity contribution in [3.8, 4) is 0 Å². The van der Waals surface area contributed by atoms with Crippen LogP contribution in [0.15, 0.2) is 72.1 Å². The van der Waals surface area contributed by atoms with Gasteiger partial charge in [-0.1, -0.05) is 60.7 Å². The number of nitrogens with one attached hydrogen (secondary N) is 1. The van der Waals surface area contributed by atoms with Crippen molar-refractivity contribution in [3.63, 3.8) is 0 Å². The van der Waals surface area contributed by atoms with Gasteiger partial charge < -0.3 is 10.2 Å². The molecule has 1 N–H and O–H groups in total. The summed E-state index contributed by atoms with van der Waals surface area (Å²) in [6.45, 7) is 5.48. The topological polar surface area (TPSA) is 105 Å². The Morgan fingerprint density at radius 2 is 1.64 bits per heavy atom. The van der Waals surface area contributed by atoms with Gasteiger partial charge in [-0.3, -0.25) is 9.59 Å². The number of piperidine rings is 1. The van der Waals surface area contributed by atoms with E-state index < -0.39 is 0 Å². The van der Waals surface area contributed by atoms with Crippen LogP contribution < -0.4 is 5.32 Å². The highest BCUT2D eigenvalue weighted by Crippen LogP contribution is 2.31. The standard InChI is InChI=1S/C32H33N7O2S/c1-21-19-28-35-36-29(22(2)39(28)37-21)32(41)38-17-14-25(15-18-38)31-34-27(20-42-31)30(40)33-16-13-26(23-9-5-3-6-10-23)24-11-7-4-8-12-24/h3-12,19-20,25-26H,13-18H2,1-2H3,(H,33,40). The minimum atomic E-state index is -0.150. The number of rotatable bonds is 8. The highest BCUT2D eigenvalue weighted by atomic mass is 32.1. The fraction of sp³-hybridized carbons (Fsp3) is 0.312. The third kappa shape index (κ3) is 5.80. The van der Waals surface area contributed by atoms with Crippen molar-refractivity contribution in [1.82, 2.24) is 35.0 Å². The van der Waals surface area contributed by atoms with E-state index in [1.165, 1.54) is 22.5 Å². The Labute approximate surface area is 248 Å². The normalized spacial score (nSPS) is 14.0. The maximum Gasteiger partial charge on any atom is 0.276 e. The number of carbonyl (C=O) groups is 2. The molecule has 214 valence electrons. The zero-order valence-electron chi connectivity index (χ0n) is 23.7. The number of nitrogens with zero attached hydrogens (tertiary/aromatic N) is 6. The minimum Gasteiger partial charge on any atom is -0.351 e. The van der Waals surface area contributed by atoms with E-state index in [2.05, 4.69) is 69.1 Å². The van der Waals surface area contributed by atoms with E-state index in [-0.39, 0.29) is 23.7 Å². The predicted molar refractivity (Wildman–Crippen MR) is 162 cm³/mol. The van der Waals surface area contributed by atoms with Crippen molar-refractivity contribution in [2.75, 3.05) is 19.6 Å². The second-order valence-electron chi connectivity index (χ2n) is 10.7. The molecule has 2 amide bonds. The first kappa shape index (κ1) is 27.7. The molecule has 5 aromatic rings. The van der Waals surface area contributed by atoms with Crippen molar-refractivity contribution in [2.45, 2.75) is 44.9 Å². The molecule has 6 rings (SSSR count). The van der Waals surface area contributed by atoms with Gasteiger partial charge in [0, 0.05) is 42.9 Å². The van der Waals surface area contributed by atoms with E-state index in [9.17, 15) is 9.59 Å². The smallest absolute Gasteiger partial charge is 0.276 e. The van der Waals surface area contributed by atoms with Crippen LogP contribution in [0.2, 0.25) is 0 Å². The lowest BCUT2D eigenvalue weighted by molar-refractivity contribution is 0.0704. The van der Waals surface area contributed by atoms with Gasteiger partial charge in [0.25, 0.3) is 11.8 Å². The zero-order valence-corrected chi connectivity index (χ0v) is 24.6. The van der Waals surface area contributed by atoms with Gasteiger partial charge in [-0.15, -0.1) is 21.5 Å². The average molecular weight is 580 g/mol. The van der Waals surface area contributed by atoms with Gasteiger partial charge in [0.05, 0.1) is 16.4 Å². The van der Waals surface area contributed by atoms with Crippen LogP contribution in [0.25, 0.3) is 5.65 Å². The van der Waals surface area contributed by atoms with Crippen LogP contribution in [0.3, 0.4) is 0 Å². The third-order valence-corrected chi connectivity index (χ3v) is 8.94. The van der Waals surface area contributed by atoms with Gasteiger partial charge in [0.15, 0.2) is 11.3 Å². The summed E-state index contributed by atoms with van der Waals surface area (Å²) in [6, 6.07) is 22.6. The maximum absolute atomic E-state index is 13.3. The summed E-state index contributed by atoms with van der Waals surface area (Å²) >= 11 is 1.52. The van der Waals surface area contributed by atoms with Gasteiger partial charge in [-0.25, -0.2) is 9.50 Å². The monoisotopic (exact) mass is 579 g/mol. The summed E-state index contributed by atoms with van der Waals surface area (Å²) in [5.41, 5.74) is 5.41. The summed E-state index contributed by atoms with van der Waals surface area (Å²) < 4.78 is 1.67. The van der Waals surface area contributed by atoms with E-state index in [4.69, 9.17) is 4.98 Å².